The van der Waals surface area contributed by atoms with E-state index in [9.17, 15) is 4.79 Å². The van der Waals surface area contributed by atoms with E-state index >= 15 is 0 Å². The number of nitrogens with zero attached hydrogens (tertiary/aromatic N) is 2. The number of carbonyl (C=O) groups excluding carboxylic acids is 1. The fourth-order valence-corrected chi connectivity index (χ4v) is 2.71. The normalized spacial score (nSPS) is 10.4. The van der Waals surface area contributed by atoms with Crippen LogP contribution in [-0.4, -0.2) is 15.9 Å². The summed E-state index contributed by atoms with van der Waals surface area (Å²) in [6.45, 7) is 0.476. The van der Waals surface area contributed by atoms with Gasteiger partial charge in [0.25, 0.3) is 0 Å². The van der Waals surface area contributed by atoms with E-state index in [4.69, 9.17) is 11.6 Å². The molecule has 0 aliphatic heterocycles. The molecule has 5 heteroatoms. The minimum absolute atomic E-state index is 0.0136. The lowest BCUT2D eigenvalue weighted by Crippen LogP contribution is -2.23. The van der Waals surface area contributed by atoms with Crippen LogP contribution in [0.4, 0.5) is 0 Å². The molecule has 0 aliphatic carbocycles. The van der Waals surface area contributed by atoms with Crippen molar-refractivity contribution < 1.29 is 4.79 Å². The lowest BCUT2D eigenvalue weighted by atomic mass is 10.1. The molecule has 0 aliphatic rings. The molecule has 0 atom stereocenters. The van der Waals surface area contributed by atoms with E-state index < -0.39 is 0 Å². The number of amides is 1. The Bertz CT molecular complexity index is 852. The number of pyridine rings is 2. The van der Waals surface area contributed by atoms with E-state index in [1.807, 2.05) is 48.5 Å². The van der Waals surface area contributed by atoms with Crippen molar-refractivity contribution in [1.82, 2.24) is 15.3 Å². The van der Waals surface area contributed by atoms with Crippen LogP contribution in [0.3, 0.4) is 0 Å². The van der Waals surface area contributed by atoms with Gasteiger partial charge in [-0.15, -0.1) is 0 Å². The highest BCUT2D eigenvalue weighted by atomic mass is 35.5. The Morgan fingerprint density at radius 2 is 1.96 bits per heavy atom. The highest BCUT2D eigenvalue weighted by Gasteiger charge is 2.05. The van der Waals surface area contributed by atoms with Crippen molar-refractivity contribution in [2.45, 2.75) is 19.4 Å². The Hall–Kier alpha value is -2.72. The van der Waals surface area contributed by atoms with Gasteiger partial charge in [0, 0.05) is 42.1 Å². The lowest BCUT2D eigenvalue weighted by molar-refractivity contribution is -0.121. The molecule has 1 aromatic carbocycles. The maximum absolute atomic E-state index is 12.1. The Morgan fingerprint density at radius 1 is 1.04 bits per heavy atom. The van der Waals surface area contributed by atoms with E-state index in [-0.39, 0.29) is 5.91 Å². The van der Waals surface area contributed by atoms with Crippen LogP contribution in [0.1, 0.15) is 17.5 Å². The zero-order chi connectivity index (χ0) is 17.5. The van der Waals surface area contributed by atoms with Gasteiger partial charge in [0.05, 0.1) is 5.69 Å². The SMILES string of the molecule is O=C(CCc1cccc(Cl)c1)NCc1ccnc(-c2cccnc2)c1. The third-order valence-corrected chi connectivity index (χ3v) is 4.04. The van der Waals surface area contributed by atoms with Gasteiger partial charge in [-0.3, -0.25) is 14.8 Å². The third kappa shape index (κ3) is 5.13. The molecule has 1 N–H and O–H groups in total. The van der Waals surface area contributed by atoms with Gasteiger partial charge >= 0.3 is 0 Å². The van der Waals surface area contributed by atoms with Gasteiger partial charge in [-0.2, -0.15) is 0 Å². The molecular formula is C20H18ClN3O. The fourth-order valence-electron chi connectivity index (χ4n) is 2.50. The monoisotopic (exact) mass is 351 g/mol. The van der Waals surface area contributed by atoms with E-state index in [0.29, 0.717) is 24.4 Å². The van der Waals surface area contributed by atoms with Crippen molar-refractivity contribution in [2.24, 2.45) is 0 Å². The van der Waals surface area contributed by atoms with Crippen molar-refractivity contribution in [3.05, 3.63) is 83.3 Å². The molecule has 1 amide bonds. The van der Waals surface area contributed by atoms with Gasteiger partial charge in [0.15, 0.2) is 0 Å². The number of aromatic nitrogens is 2. The summed E-state index contributed by atoms with van der Waals surface area (Å²) in [5.74, 6) is 0.0136. The first-order chi connectivity index (χ1) is 12.2. The van der Waals surface area contributed by atoms with Gasteiger partial charge in [-0.1, -0.05) is 23.7 Å². The minimum atomic E-state index is 0.0136. The highest BCUT2D eigenvalue weighted by molar-refractivity contribution is 6.30. The molecule has 0 bridgehead atoms. The summed E-state index contributed by atoms with van der Waals surface area (Å²) in [7, 11) is 0. The second-order valence-corrected chi connectivity index (χ2v) is 6.13. The van der Waals surface area contributed by atoms with Crippen LogP contribution in [0.25, 0.3) is 11.3 Å². The first-order valence-electron chi connectivity index (χ1n) is 8.07. The zero-order valence-corrected chi connectivity index (χ0v) is 14.4. The maximum Gasteiger partial charge on any atom is 0.220 e. The largest absolute Gasteiger partial charge is 0.352 e. The summed E-state index contributed by atoms with van der Waals surface area (Å²) in [5, 5.41) is 3.64. The van der Waals surface area contributed by atoms with Crippen LogP contribution in [-0.2, 0) is 17.8 Å². The molecular weight excluding hydrogens is 334 g/mol. The standard InChI is InChI=1S/C20H18ClN3O/c21-18-5-1-3-15(11-18)6-7-20(25)24-13-16-8-10-23-19(12-16)17-4-2-9-22-14-17/h1-5,8-12,14H,6-7,13H2,(H,24,25). The van der Waals surface area contributed by atoms with E-state index in [0.717, 1.165) is 22.4 Å². The summed E-state index contributed by atoms with van der Waals surface area (Å²) < 4.78 is 0. The van der Waals surface area contributed by atoms with Crippen molar-refractivity contribution >= 4 is 17.5 Å². The van der Waals surface area contributed by atoms with Gasteiger partial charge in [0.2, 0.25) is 5.91 Å². The molecule has 0 fully saturated rings. The zero-order valence-electron chi connectivity index (χ0n) is 13.7. The van der Waals surface area contributed by atoms with Crippen LogP contribution in [0.15, 0.2) is 67.1 Å². The van der Waals surface area contributed by atoms with Crippen molar-refractivity contribution in [1.29, 1.82) is 0 Å². The predicted octanol–water partition coefficient (Wildman–Crippen LogP) is 4.05. The second-order valence-electron chi connectivity index (χ2n) is 5.70. The molecule has 3 rings (SSSR count). The quantitative estimate of drug-likeness (QED) is 0.729. The van der Waals surface area contributed by atoms with E-state index in [2.05, 4.69) is 15.3 Å². The van der Waals surface area contributed by atoms with Crippen LogP contribution in [0, 0.1) is 0 Å². The minimum Gasteiger partial charge on any atom is -0.352 e. The van der Waals surface area contributed by atoms with Gasteiger partial charge in [-0.25, -0.2) is 0 Å². The van der Waals surface area contributed by atoms with Crippen LogP contribution in [0.5, 0.6) is 0 Å². The molecule has 126 valence electrons. The molecule has 2 heterocycles. The first-order valence-corrected chi connectivity index (χ1v) is 8.45. The summed E-state index contributed by atoms with van der Waals surface area (Å²) >= 11 is 5.96. The maximum atomic E-state index is 12.1. The molecule has 3 aromatic rings. The molecule has 4 nitrogen and oxygen atoms in total. The molecule has 0 spiro atoms. The Labute approximate surface area is 151 Å². The number of hydrogen-bond acceptors (Lipinski definition) is 3. The number of benzene rings is 1. The average molecular weight is 352 g/mol. The van der Waals surface area contributed by atoms with Crippen LogP contribution in [0.2, 0.25) is 5.02 Å². The highest BCUT2D eigenvalue weighted by Crippen LogP contribution is 2.16. The number of rotatable bonds is 6. The molecule has 0 saturated heterocycles. The predicted molar refractivity (Wildman–Crippen MR) is 99.1 cm³/mol. The van der Waals surface area contributed by atoms with Crippen LogP contribution >= 0.6 is 11.6 Å². The van der Waals surface area contributed by atoms with Crippen molar-refractivity contribution in [2.75, 3.05) is 0 Å². The third-order valence-electron chi connectivity index (χ3n) is 3.80. The van der Waals surface area contributed by atoms with E-state index in [1.165, 1.54) is 0 Å². The number of aryl methyl sites for hydroxylation is 1. The van der Waals surface area contributed by atoms with Crippen molar-refractivity contribution in [3.8, 4) is 11.3 Å². The fraction of sp³-hybridized carbons (Fsp3) is 0.150. The van der Waals surface area contributed by atoms with Crippen molar-refractivity contribution in [3.63, 3.8) is 0 Å². The number of nitrogens with one attached hydrogen (secondary N) is 1. The molecule has 0 unspecified atom stereocenters. The topological polar surface area (TPSA) is 54.9 Å². The summed E-state index contributed by atoms with van der Waals surface area (Å²) in [6, 6.07) is 15.3. The van der Waals surface area contributed by atoms with Gasteiger partial charge in [-0.05, 0) is 53.9 Å². The summed E-state index contributed by atoms with van der Waals surface area (Å²) in [4.78, 5) is 20.5. The molecule has 2 aromatic heterocycles. The molecule has 0 saturated carbocycles. The van der Waals surface area contributed by atoms with Crippen LogP contribution < -0.4 is 5.32 Å². The lowest BCUT2D eigenvalue weighted by Gasteiger charge is -2.07. The number of hydrogen-bond donors (Lipinski definition) is 1. The smallest absolute Gasteiger partial charge is 0.220 e. The molecule has 0 radical (unpaired) electrons. The van der Waals surface area contributed by atoms with Gasteiger partial charge in [0.1, 0.15) is 0 Å². The Kier molecular flexibility index (Phi) is 5.75. The summed E-state index contributed by atoms with van der Waals surface area (Å²) in [6.07, 6.45) is 6.35. The average Bonchev–Trinajstić information content (AvgIpc) is 2.66. The van der Waals surface area contributed by atoms with E-state index in [1.54, 1.807) is 18.6 Å². The summed E-state index contributed by atoms with van der Waals surface area (Å²) in [5.41, 5.74) is 3.87. The molecule has 25 heavy (non-hydrogen) atoms. The number of carbonyl (C=O) groups is 1. The Balaban J connectivity index is 1.54. The first kappa shape index (κ1) is 17.1. The second kappa shape index (κ2) is 8.40. The Morgan fingerprint density at radius 3 is 2.76 bits per heavy atom. The number of halogens is 1. The van der Waals surface area contributed by atoms with Gasteiger partial charge < -0.3 is 5.32 Å².